The standard InChI is InChI=1S/C20H16F2N2O2/c21-20(22)11-14(12-20)7-6-13-8-9-23-16(10-13)17-18(26-19(25)24-17)15-4-2-1-3-5-15/h1-5,8-10,14,17-18H,11-12H2,(H,24,25)/t17-,18-/m1/s1. The fourth-order valence-corrected chi connectivity index (χ4v) is 3.20. The highest BCUT2D eigenvalue weighted by atomic mass is 19.3. The number of benzene rings is 1. The highest BCUT2D eigenvalue weighted by molar-refractivity contribution is 5.71. The Balaban J connectivity index is 1.56. The first kappa shape index (κ1) is 16.5. The Morgan fingerprint density at radius 2 is 1.96 bits per heavy atom. The molecular weight excluding hydrogens is 338 g/mol. The second-order valence-corrected chi connectivity index (χ2v) is 6.56. The second kappa shape index (κ2) is 6.41. The molecule has 1 aromatic heterocycles. The van der Waals surface area contributed by atoms with E-state index in [0.29, 0.717) is 11.3 Å². The van der Waals surface area contributed by atoms with Crippen LogP contribution < -0.4 is 5.32 Å². The van der Waals surface area contributed by atoms with Gasteiger partial charge < -0.3 is 10.1 Å². The maximum atomic E-state index is 12.9. The van der Waals surface area contributed by atoms with Crippen LogP contribution in [0.3, 0.4) is 0 Å². The molecule has 0 radical (unpaired) electrons. The lowest BCUT2D eigenvalue weighted by Gasteiger charge is -2.31. The molecule has 1 saturated carbocycles. The number of alkyl carbamates (subject to hydrolysis) is 1. The molecule has 2 aromatic rings. The number of halogens is 2. The van der Waals surface area contributed by atoms with Gasteiger partial charge in [0.05, 0.1) is 5.69 Å². The maximum absolute atomic E-state index is 12.9. The van der Waals surface area contributed by atoms with Gasteiger partial charge in [-0.1, -0.05) is 42.2 Å². The van der Waals surface area contributed by atoms with Gasteiger partial charge in [-0.3, -0.25) is 4.98 Å². The SMILES string of the molecule is O=C1N[C@H](c2cc(C#CC3CC(F)(F)C3)ccn2)[C@@H](c2ccccc2)O1. The van der Waals surface area contributed by atoms with Crippen molar-refractivity contribution in [2.45, 2.75) is 30.9 Å². The third-order valence-electron chi connectivity index (χ3n) is 4.55. The zero-order valence-corrected chi connectivity index (χ0v) is 13.8. The smallest absolute Gasteiger partial charge is 0.408 e. The monoisotopic (exact) mass is 354 g/mol. The quantitative estimate of drug-likeness (QED) is 0.830. The summed E-state index contributed by atoms with van der Waals surface area (Å²) in [6, 6.07) is 12.5. The summed E-state index contributed by atoms with van der Waals surface area (Å²) >= 11 is 0. The van der Waals surface area contributed by atoms with Crippen molar-refractivity contribution in [3.05, 3.63) is 65.5 Å². The largest absolute Gasteiger partial charge is 0.439 e. The van der Waals surface area contributed by atoms with Crippen molar-refractivity contribution in [3.8, 4) is 11.8 Å². The van der Waals surface area contributed by atoms with E-state index in [0.717, 1.165) is 5.56 Å². The normalized spacial score (nSPS) is 24.0. The number of carbonyl (C=O) groups is 1. The minimum absolute atomic E-state index is 0.180. The van der Waals surface area contributed by atoms with Crippen molar-refractivity contribution in [1.29, 1.82) is 0 Å². The van der Waals surface area contributed by atoms with Gasteiger partial charge in [-0.05, 0) is 17.7 Å². The molecule has 132 valence electrons. The lowest BCUT2D eigenvalue weighted by molar-refractivity contribution is -0.0936. The zero-order valence-electron chi connectivity index (χ0n) is 13.8. The van der Waals surface area contributed by atoms with Crippen molar-refractivity contribution >= 4 is 6.09 Å². The number of pyridine rings is 1. The lowest BCUT2D eigenvalue weighted by atomic mass is 9.82. The number of aromatic nitrogens is 1. The summed E-state index contributed by atoms with van der Waals surface area (Å²) < 4.78 is 31.2. The van der Waals surface area contributed by atoms with Gasteiger partial charge in [0.15, 0.2) is 6.10 Å². The molecule has 1 aliphatic carbocycles. The van der Waals surface area contributed by atoms with E-state index < -0.39 is 24.2 Å². The van der Waals surface area contributed by atoms with E-state index in [4.69, 9.17) is 4.74 Å². The molecule has 0 unspecified atom stereocenters. The molecule has 0 bridgehead atoms. The first-order valence-corrected chi connectivity index (χ1v) is 8.38. The number of alkyl halides is 2. The predicted octanol–water partition coefficient (Wildman–Crippen LogP) is 4.00. The first-order chi connectivity index (χ1) is 12.5. The first-order valence-electron chi connectivity index (χ1n) is 8.38. The molecule has 0 spiro atoms. The minimum Gasteiger partial charge on any atom is -0.439 e. The highest BCUT2D eigenvalue weighted by Gasteiger charge is 2.44. The van der Waals surface area contributed by atoms with Crippen molar-refractivity contribution in [3.63, 3.8) is 0 Å². The lowest BCUT2D eigenvalue weighted by Crippen LogP contribution is -2.34. The maximum Gasteiger partial charge on any atom is 0.408 e. The van der Waals surface area contributed by atoms with E-state index in [1.54, 1.807) is 18.3 Å². The van der Waals surface area contributed by atoms with Crippen molar-refractivity contribution in [1.82, 2.24) is 10.3 Å². The van der Waals surface area contributed by atoms with Gasteiger partial charge in [-0.15, -0.1) is 0 Å². The number of nitrogens with zero attached hydrogens (tertiary/aromatic N) is 1. The molecule has 26 heavy (non-hydrogen) atoms. The molecule has 2 heterocycles. The van der Waals surface area contributed by atoms with Crippen molar-refractivity contribution < 1.29 is 18.3 Å². The summed E-state index contributed by atoms with van der Waals surface area (Å²) in [6.45, 7) is 0. The third kappa shape index (κ3) is 3.38. The highest BCUT2D eigenvalue weighted by Crippen LogP contribution is 2.42. The molecule has 1 N–H and O–H groups in total. The van der Waals surface area contributed by atoms with Crippen LogP contribution in [0.2, 0.25) is 0 Å². The van der Waals surface area contributed by atoms with Crippen molar-refractivity contribution in [2.24, 2.45) is 5.92 Å². The van der Waals surface area contributed by atoms with Crippen molar-refractivity contribution in [2.75, 3.05) is 0 Å². The summed E-state index contributed by atoms with van der Waals surface area (Å²) in [7, 11) is 0. The molecule has 1 aromatic carbocycles. The number of amides is 1. The number of hydrogen-bond donors (Lipinski definition) is 1. The number of carbonyl (C=O) groups excluding carboxylic acids is 1. The summed E-state index contributed by atoms with van der Waals surface area (Å²) in [5.74, 6) is 2.98. The van der Waals surface area contributed by atoms with E-state index in [9.17, 15) is 13.6 Å². The average molecular weight is 354 g/mol. The number of hydrogen-bond acceptors (Lipinski definition) is 3. The fraction of sp³-hybridized carbons (Fsp3) is 0.300. The van der Waals surface area contributed by atoms with E-state index in [1.165, 1.54) is 0 Å². The fourth-order valence-electron chi connectivity index (χ4n) is 3.20. The number of nitrogens with one attached hydrogen (secondary N) is 1. The molecule has 6 heteroatoms. The Morgan fingerprint density at radius 3 is 2.69 bits per heavy atom. The van der Waals surface area contributed by atoms with Crippen LogP contribution >= 0.6 is 0 Å². The molecule has 2 fully saturated rings. The Morgan fingerprint density at radius 1 is 1.19 bits per heavy atom. The molecular formula is C20H16F2N2O2. The van der Waals surface area contributed by atoms with E-state index in [1.807, 2.05) is 30.3 Å². The molecule has 2 atom stereocenters. The molecule has 2 aliphatic rings. The van der Waals surface area contributed by atoms with E-state index >= 15 is 0 Å². The Bertz CT molecular complexity index is 881. The topological polar surface area (TPSA) is 51.2 Å². The Kier molecular flexibility index (Phi) is 4.08. The van der Waals surface area contributed by atoms with Crippen LogP contribution in [0.4, 0.5) is 13.6 Å². The van der Waals surface area contributed by atoms with Crippen LogP contribution in [0, 0.1) is 17.8 Å². The van der Waals surface area contributed by atoms with Gasteiger partial charge in [0.2, 0.25) is 0 Å². The number of cyclic esters (lactones) is 1. The van der Waals surface area contributed by atoms with Crippen LogP contribution in [-0.2, 0) is 4.74 Å². The van der Waals surface area contributed by atoms with Crippen LogP contribution in [0.1, 0.15) is 41.8 Å². The summed E-state index contributed by atoms with van der Waals surface area (Å²) in [6.07, 6.45) is 0.256. The molecule has 1 aliphatic heterocycles. The summed E-state index contributed by atoms with van der Waals surface area (Å²) in [4.78, 5) is 16.1. The third-order valence-corrected chi connectivity index (χ3v) is 4.55. The summed E-state index contributed by atoms with van der Waals surface area (Å²) in [5.41, 5.74) is 2.17. The van der Waals surface area contributed by atoms with Crippen LogP contribution in [0.25, 0.3) is 0 Å². The van der Waals surface area contributed by atoms with Gasteiger partial charge >= 0.3 is 6.09 Å². The molecule has 4 nitrogen and oxygen atoms in total. The number of rotatable bonds is 2. The van der Waals surface area contributed by atoms with E-state index in [2.05, 4.69) is 22.1 Å². The zero-order chi connectivity index (χ0) is 18.1. The van der Waals surface area contributed by atoms with Gasteiger partial charge in [-0.25, -0.2) is 13.6 Å². The van der Waals surface area contributed by atoms with Gasteiger partial charge in [0.1, 0.15) is 6.04 Å². The summed E-state index contributed by atoms with van der Waals surface area (Å²) in [5, 5.41) is 2.77. The minimum atomic E-state index is -2.57. The van der Waals surface area contributed by atoms with Gasteiger partial charge in [0, 0.05) is 30.5 Å². The average Bonchev–Trinajstić information content (AvgIpc) is 3.01. The van der Waals surface area contributed by atoms with Crippen LogP contribution in [0.15, 0.2) is 48.7 Å². The van der Waals surface area contributed by atoms with Gasteiger partial charge in [0.25, 0.3) is 5.92 Å². The predicted molar refractivity (Wildman–Crippen MR) is 90.3 cm³/mol. The van der Waals surface area contributed by atoms with Gasteiger partial charge in [-0.2, -0.15) is 0 Å². The molecule has 1 saturated heterocycles. The molecule has 1 amide bonds. The Hall–Kier alpha value is -2.94. The van der Waals surface area contributed by atoms with E-state index in [-0.39, 0.29) is 18.8 Å². The number of ether oxygens (including phenoxy) is 1. The Labute approximate surface area is 149 Å². The van der Waals surface area contributed by atoms with Crippen LogP contribution in [-0.4, -0.2) is 17.0 Å². The van der Waals surface area contributed by atoms with Crippen LogP contribution in [0.5, 0.6) is 0 Å². The second-order valence-electron chi connectivity index (χ2n) is 6.56. The molecule has 4 rings (SSSR count).